The molecule has 2 heterocycles. The summed E-state index contributed by atoms with van der Waals surface area (Å²) in [5, 5.41) is 17.9. The number of thioether (sulfide) groups is 1. The third kappa shape index (κ3) is 5.82. The van der Waals surface area contributed by atoms with Crippen LogP contribution in [0.25, 0.3) is 11.4 Å². The number of benzene rings is 1. The highest BCUT2D eigenvalue weighted by molar-refractivity contribution is 8.00. The van der Waals surface area contributed by atoms with Gasteiger partial charge in [0.1, 0.15) is 0 Å². The monoisotopic (exact) mass is 428 g/mol. The molecule has 0 aliphatic carbocycles. The van der Waals surface area contributed by atoms with Crippen LogP contribution >= 0.6 is 11.8 Å². The van der Waals surface area contributed by atoms with Crippen LogP contribution in [0, 0.1) is 0 Å². The summed E-state index contributed by atoms with van der Waals surface area (Å²) >= 11 is 1.42. The Morgan fingerprint density at radius 1 is 1.13 bits per heavy atom. The minimum atomic E-state index is -0.231. The molecule has 1 aromatic heterocycles. The van der Waals surface area contributed by atoms with E-state index in [2.05, 4.69) is 25.7 Å². The van der Waals surface area contributed by atoms with Gasteiger partial charge in [-0.15, -0.1) is 20.4 Å². The normalized spacial score (nSPS) is 16.2. The van der Waals surface area contributed by atoms with Crippen molar-refractivity contribution in [3.63, 3.8) is 0 Å². The van der Waals surface area contributed by atoms with Crippen LogP contribution in [0.2, 0.25) is 0 Å². The Kier molecular flexibility index (Phi) is 7.83. The zero-order chi connectivity index (χ0) is 21.3. The summed E-state index contributed by atoms with van der Waals surface area (Å²) in [4.78, 5) is 37.3. The maximum atomic E-state index is 12.0. The van der Waals surface area contributed by atoms with E-state index in [0.717, 1.165) is 30.4 Å². The second-order valence-corrected chi connectivity index (χ2v) is 8.01. The number of imide groups is 1. The second kappa shape index (κ2) is 10.8. The zero-order valence-electron chi connectivity index (χ0n) is 16.8. The lowest BCUT2D eigenvalue weighted by molar-refractivity contribution is -0.138. The van der Waals surface area contributed by atoms with Crippen LogP contribution in [0.15, 0.2) is 30.6 Å². The van der Waals surface area contributed by atoms with Gasteiger partial charge in [0.05, 0.1) is 5.25 Å². The van der Waals surface area contributed by atoms with Crippen LogP contribution in [0.4, 0.5) is 0 Å². The van der Waals surface area contributed by atoms with E-state index in [1.165, 1.54) is 23.0 Å². The molecule has 158 valence electrons. The first-order chi connectivity index (χ1) is 14.6. The molecule has 0 radical (unpaired) electrons. The van der Waals surface area contributed by atoms with Crippen LogP contribution in [0.5, 0.6) is 0 Å². The predicted octanol–water partition coefficient (Wildman–Crippen LogP) is 1.60. The van der Waals surface area contributed by atoms with Gasteiger partial charge in [-0.05, 0) is 24.7 Å². The van der Waals surface area contributed by atoms with Crippen LogP contribution in [0.1, 0.15) is 37.7 Å². The molecule has 2 aromatic rings. The number of aromatic nitrogens is 4. The highest BCUT2D eigenvalue weighted by atomic mass is 32.2. The van der Waals surface area contributed by atoms with Crippen molar-refractivity contribution >= 4 is 29.5 Å². The molecule has 1 atom stereocenters. The average Bonchev–Trinajstić information content (AvgIpc) is 3.06. The van der Waals surface area contributed by atoms with Gasteiger partial charge in [-0.25, -0.2) is 0 Å². The van der Waals surface area contributed by atoms with E-state index in [-0.39, 0.29) is 23.0 Å². The highest BCUT2D eigenvalue weighted by Gasteiger charge is 2.37. The smallest absolute Gasteiger partial charge is 0.242 e. The number of carbonyl (C=O) groups is 3. The third-order valence-corrected chi connectivity index (χ3v) is 5.82. The van der Waals surface area contributed by atoms with Crippen molar-refractivity contribution in [2.45, 2.75) is 43.9 Å². The fraction of sp³-hybridized carbons (Fsp3) is 0.450. The lowest BCUT2D eigenvalue weighted by Gasteiger charge is -2.14. The summed E-state index contributed by atoms with van der Waals surface area (Å²) in [5.74, 6) is 0.265. The van der Waals surface area contributed by atoms with E-state index in [0.29, 0.717) is 31.8 Å². The number of nitrogens with one attached hydrogen (secondary N) is 1. The summed E-state index contributed by atoms with van der Waals surface area (Å²) in [7, 11) is 0. The van der Waals surface area contributed by atoms with Crippen molar-refractivity contribution in [3.8, 4) is 11.4 Å². The molecule has 0 saturated carbocycles. The van der Waals surface area contributed by atoms with E-state index in [9.17, 15) is 14.4 Å². The van der Waals surface area contributed by atoms with E-state index in [1.54, 1.807) is 0 Å². The Bertz CT molecular complexity index is 878. The number of hydrogen-bond donors (Lipinski definition) is 1. The van der Waals surface area contributed by atoms with Gasteiger partial charge >= 0.3 is 0 Å². The minimum absolute atomic E-state index is 0.0189. The maximum Gasteiger partial charge on any atom is 0.242 e. The average molecular weight is 429 g/mol. The van der Waals surface area contributed by atoms with E-state index in [4.69, 9.17) is 0 Å². The minimum Gasteiger partial charge on any atom is -0.352 e. The van der Waals surface area contributed by atoms with Crippen molar-refractivity contribution in [1.29, 1.82) is 0 Å². The molecule has 1 aliphatic heterocycles. The Morgan fingerprint density at radius 3 is 2.53 bits per heavy atom. The molecule has 1 saturated heterocycles. The van der Waals surface area contributed by atoms with Gasteiger partial charge in [0, 0.05) is 31.5 Å². The van der Waals surface area contributed by atoms with Gasteiger partial charge in [0.2, 0.25) is 23.5 Å². The number of amides is 3. The maximum absolute atomic E-state index is 12.0. The highest BCUT2D eigenvalue weighted by Crippen LogP contribution is 2.23. The molecule has 1 fully saturated rings. The molecule has 3 rings (SSSR count). The topological polar surface area (TPSA) is 118 Å². The van der Waals surface area contributed by atoms with Gasteiger partial charge < -0.3 is 5.32 Å². The van der Waals surface area contributed by atoms with Crippen molar-refractivity contribution in [3.05, 3.63) is 36.2 Å². The van der Waals surface area contributed by atoms with E-state index < -0.39 is 0 Å². The number of rotatable bonds is 10. The zero-order valence-corrected chi connectivity index (χ0v) is 17.6. The van der Waals surface area contributed by atoms with Gasteiger partial charge in [-0.3, -0.25) is 19.3 Å². The first-order valence-electron chi connectivity index (χ1n) is 9.82. The molecular formula is C20H24N6O3S. The Morgan fingerprint density at radius 2 is 1.87 bits per heavy atom. The lowest BCUT2D eigenvalue weighted by Crippen LogP contribution is -2.32. The standard InChI is InChI=1S/C20H24N6O3S/c1-30-16-11-18(28)26(20(16)29)10-4-2-3-5-17(27)21-12-14-6-8-15(9-7-14)19-24-22-13-23-25-19/h6-9,13,16H,2-5,10-12H2,1H3,(H,21,27). The number of nitrogens with zero attached hydrogens (tertiary/aromatic N) is 5. The molecule has 30 heavy (non-hydrogen) atoms. The van der Waals surface area contributed by atoms with Gasteiger partial charge in [0.15, 0.2) is 6.33 Å². The van der Waals surface area contributed by atoms with Crippen LogP contribution in [0.3, 0.4) is 0 Å². The SMILES string of the molecule is CSC1CC(=O)N(CCCCCC(=O)NCc2ccc(-c3nncnn3)cc2)C1=O. The summed E-state index contributed by atoms with van der Waals surface area (Å²) < 4.78 is 0. The second-order valence-electron chi connectivity index (χ2n) is 6.97. The molecule has 1 N–H and O–H groups in total. The van der Waals surface area contributed by atoms with Gasteiger partial charge in [-0.2, -0.15) is 11.8 Å². The van der Waals surface area contributed by atoms with E-state index >= 15 is 0 Å². The molecule has 10 heteroatoms. The fourth-order valence-electron chi connectivity index (χ4n) is 3.18. The first kappa shape index (κ1) is 21.8. The molecule has 1 aliphatic rings. The summed E-state index contributed by atoms with van der Waals surface area (Å²) in [6.07, 6.45) is 6.08. The third-order valence-electron chi connectivity index (χ3n) is 4.88. The van der Waals surface area contributed by atoms with Crippen molar-refractivity contribution in [2.75, 3.05) is 12.8 Å². The molecule has 1 aromatic carbocycles. The molecule has 9 nitrogen and oxygen atoms in total. The van der Waals surface area contributed by atoms with Crippen LogP contribution in [-0.2, 0) is 20.9 Å². The van der Waals surface area contributed by atoms with Crippen LogP contribution < -0.4 is 5.32 Å². The number of carbonyl (C=O) groups excluding carboxylic acids is 3. The summed E-state index contributed by atoms with van der Waals surface area (Å²) in [6, 6.07) is 7.53. The Hall–Kier alpha value is -2.88. The van der Waals surface area contributed by atoms with E-state index in [1.807, 2.05) is 30.5 Å². The molecule has 0 spiro atoms. The fourth-order valence-corrected chi connectivity index (χ4v) is 3.82. The number of likely N-dealkylation sites (tertiary alicyclic amines) is 1. The first-order valence-corrected chi connectivity index (χ1v) is 11.1. The van der Waals surface area contributed by atoms with Gasteiger partial charge in [-0.1, -0.05) is 30.7 Å². The molecule has 3 amide bonds. The lowest BCUT2D eigenvalue weighted by atomic mass is 10.1. The van der Waals surface area contributed by atoms with Crippen molar-refractivity contribution in [2.24, 2.45) is 0 Å². The van der Waals surface area contributed by atoms with Crippen LogP contribution in [-0.4, -0.2) is 61.1 Å². The molecule has 0 bridgehead atoms. The Balaban J connectivity index is 1.32. The number of hydrogen-bond acceptors (Lipinski definition) is 8. The van der Waals surface area contributed by atoms with Crippen molar-refractivity contribution in [1.82, 2.24) is 30.6 Å². The quantitative estimate of drug-likeness (QED) is 0.448. The van der Waals surface area contributed by atoms with Gasteiger partial charge in [0.25, 0.3) is 0 Å². The largest absolute Gasteiger partial charge is 0.352 e. The number of unbranched alkanes of at least 4 members (excludes halogenated alkanes) is 2. The molecule has 1 unspecified atom stereocenters. The summed E-state index contributed by atoms with van der Waals surface area (Å²) in [6.45, 7) is 0.886. The predicted molar refractivity (Wildman–Crippen MR) is 112 cm³/mol. The summed E-state index contributed by atoms with van der Waals surface area (Å²) in [5.41, 5.74) is 1.78. The Labute approximate surface area is 179 Å². The molecular weight excluding hydrogens is 404 g/mol. The van der Waals surface area contributed by atoms with Crippen molar-refractivity contribution < 1.29 is 14.4 Å².